The monoisotopic (exact) mass is 345 g/mol. The number of nitrogens with zero attached hydrogens (tertiary/aromatic N) is 1. The average molecular weight is 346 g/mol. The zero-order valence-corrected chi connectivity index (χ0v) is 13.7. The molecule has 21 heavy (non-hydrogen) atoms. The first-order chi connectivity index (χ1) is 10.2. The Labute approximate surface area is 134 Å². The number of rotatable bonds is 1. The first-order valence-electron chi connectivity index (χ1n) is 7.73. The van der Waals surface area contributed by atoms with Crippen molar-refractivity contribution in [2.24, 2.45) is 0 Å². The summed E-state index contributed by atoms with van der Waals surface area (Å²) in [5.74, 6) is 0.182. The van der Waals surface area contributed by atoms with Crippen LogP contribution in [0.4, 0.5) is 0 Å². The van der Waals surface area contributed by atoms with Crippen molar-refractivity contribution in [1.82, 2.24) is 4.90 Å². The normalized spacial score (nSPS) is 16.5. The summed E-state index contributed by atoms with van der Waals surface area (Å²) in [6.45, 7) is 1.80. The van der Waals surface area contributed by atoms with Crippen molar-refractivity contribution in [3.05, 3.63) is 46.4 Å². The highest BCUT2D eigenvalue weighted by Gasteiger charge is 2.16. The van der Waals surface area contributed by atoms with Gasteiger partial charge in [-0.05, 0) is 47.9 Å². The molecule has 1 heterocycles. The van der Waals surface area contributed by atoms with Crippen molar-refractivity contribution in [2.45, 2.75) is 32.1 Å². The Morgan fingerprint density at radius 2 is 1.48 bits per heavy atom. The van der Waals surface area contributed by atoms with Crippen LogP contribution < -0.4 is 0 Å². The minimum atomic E-state index is 0.182. The van der Waals surface area contributed by atoms with E-state index in [4.69, 9.17) is 0 Å². The number of benzene rings is 2. The fourth-order valence-corrected chi connectivity index (χ4v) is 3.36. The van der Waals surface area contributed by atoms with Crippen LogP contribution in [0.2, 0.25) is 0 Å². The molecule has 0 spiro atoms. The second kappa shape index (κ2) is 6.61. The molecule has 0 aliphatic carbocycles. The van der Waals surface area contributed by atoms with E-state index in [-0.39, 0.29) is 5.91 Å². The predicted octanol–water partition coefficient (Wildman–Crippen LogP) is 5.01. The molecular weight excluding hydrogens is 326 g/mol. The van der Waals surface area contributed by atoms with Gasteiger partial charge in [-0.1, -0.05) is 47.3 Å². The number of hydrogen-bond donors (Lipinski definition) is 0. The number of halogens is 1. The molecule has 2 aromatic rings. The Morgan fingerprint density at radius 3 is 2.24 bits per heavy atom. The van der Waals surface area contributed by atoms with Gasteiger partial charge in [0.05, 0.1) is 0 Å². The summed E-state index contributed by atoms with van der Waals surface area (Å²) in [4.78, 5) is 14.7. The van der Waals surface area contributed by atoms with Gasteiger partial charge in [-0.3, -0.25) is 4.79 Å². The molecule has 0 atom stereocenters. The number of hydrogen-bond acceptors (Lipinski definition) is 1. The van der Waals surface area contributed by atoms with E-state index in [1.807, 2.05) is 29.2 Å². The van der Waals surface area contributed by atoms with Gasteiger partial charge in [-0.2, -0.15) is 0 Å². The molecule has 3 heteroatoms. The second-order valence-corrected chi connectivity index (χ2v) is 6.68. The SMILES string of the molecule is O=C(c1ccc2cc(Br)ccc2c1)N1CCCCCCC1. The van der Waals surface area contributed by atoms with Crippen LogP contribution in [0.15, 0.2) is 40.9 Å². The molecule has 0 aromatic heterocycles. The van der Waals surface area contributed by atoms with E-state index in [0.29, 0.717) is 0 Å². The number of carbonyl (C=O) groups is 1. The van der Waals surface area contributed by atoms with E-state index >= 15 is 0 Å². The maximum Gasteiger partial charge on any atom is 0.253 e. The molecule has 0 N–H and O–H groups in total. The summed E-state index contributed by atoms with van der Waals surface area (Å²) in [6, 6.07) is 12.2. The molecule has 1 amide bonds. The lowest BCUT2D eigenvalue weighted by molar-refractivity contribution is 0.0742. The van der Waals surface area contributed by atoms with Gasteiger partial charge in [0.2, 0.25) is 0 Å². The van der Waals surface area contributed by atoms with Crippen molar-refractivity contribution in [2.75, 3.05) is 13.1 Å². The van der Waals surface area contributed by atoms with Gasteiger partial charge < -0.3 is 4.90 Å². The lowest BCUT2D eigenvalue weighted by atomic mass is 10.0. The first-order valence-corrected chi connectivity index (χ1v) is 8.52. The van der Waals surface area contributed by atoms with E-state index in [0.717, 1.165) is 46.7 Å². The van der Waals surface area contributed by atoms with Crippen LogP contribution in [-0.4, -0.2) is 23.9 Å². The van der Waals surface area contributed by atoms with Crippen LogP contribution in [-0.2, 0) is 0 Å². The van der Waals surface area contributed by atoms with Crippen LogP contribution >= 0.6 is 15.9 Å². The third-order valence-corrected chi connectivity index (χ3v) is 4.69. The van der Waals surface area contributed by atoms with Crippen molar-refractivity contribution in [3.8, 4) is 0 Å². The largest absolute Gasteiger partial charge is 0.339 e. The Bertz CT molecular complexity index is 645. The Morgan fingerprint density at radius 1 is 0.857 bits per heavy atom. The molecule has 0 saturated carbocycles. The van der Waals surface area contributed by atoms with Gasteiger partial charge in [-0.25, -0.2) is 0 Å². The minimum Gasteiger partial charge on any atom is -0.339 e. The Balaban J connectivity index is 1.84. The average Bonchev–Trinajstić information content (AvgIpc) is 2.46. The van der Waals surface area contributed by atoms with Crippen LogP contribution in [0.1, 0.15) is 42.5 Å². The molecule has 2 nitrogen and oxygen atoms in total. The molecule has 1 fully saturated rings. The zero-order valence-electron chi connectivity index (χ0n) is 12.1. The zero-order chi connectivity index (χ0) is 14.7. The summed E-state index contributed by atoms with van der Waals surface area (Å²) in [6.07, 6.45) is 6.07. The topological polar surface area (TPSA) is 20.3 Å². The molecule has 0 radical (unpaired) electrons. The van der Waals surface area contributed by atoms with Gasteiger partial charge in [0, 0.05) is 23.1 Å². The van der Waals surface area contributed by atoms with Gasteiger partial charge >= 0.3 is 0 Å². The quantitative estimate of drug-likeness (QED) is 0.711. The summed E-state index contributed by atoms with van der Waals surface area (Å²) in [5, 5.41) is 2.28. The molecular formula is C18H20BrNO. The summed E-state index contributed by atoms with van der Waals surface area (Å²) >= 11 is 3.48. The van der Waals surface area contributed by atoms with Crippen molar-refractivity contribution in [1.29, 1.82) is 0 Å². The molecule has 1 aliphatic heterocycles. The van der Waals surface area contributed by atoms with Crippen LogP contribution in [0.25, 0.3) is 10.8 Å². The lowest BCUT2D eigenvalue weighted by Crippen LogP contribution is -2.33. The smallest absolute Gasteiger partial charge is 0.253 e. The minimum absolute atomic E-state index is 0.182. The molecule has 3 rings (SSSR count). The van der Waals surface area contributed by atoms with E-state index in [1.165, 1.54) is 19.3 Å². The molecule has 2 aromatic carbocycles. The van der Waals surface area contributed by atoms with E-state index in [2.05, 4.69) is 28.1 Å². The molecule has 1 saturated heterocycles. The van der Waals surface area contributed by atoms with Crippen LogP contribution in [0.5, 0.6) is 0 Å². The van der Waals surface area contributed by atoms with Gasteiger partial charge in [-0.15, -0.1) is 0 Å². The summed E-state index contributed by atoms with van der Waals surface area (Å²) in [5.41, 5.74) is 0.811. The standard InChI is InChI=1S/C18H20BrNO/c19-17-9-8-14-12-16(7-6-15(14)13-17)18(21)20-10-4-2-1-3-5-11-20/h6-9,12-13H,1-5,10-11H2. The second-order valence-electron chi connectivity index (χ2n) is 5.77. The fourth-order valence-electron chi connectivity index (χ4n) is 2.98. The van der Waals surface area contributed by atoms with E-state index in [9.17, 15) is 4.79 Å². The highest BCUT2D eigenvalue weighted by molar-refractivity contribution is 9.10. The highest BCUT2D eigenvalue weighted by Crippen LogP contribution is 2.22. The van der Waals surface area contributed by atoms with Gasteiger partial charge in [0.25, 0.3) is 5.91 Å². The maximum absolute atomic E-state index is 12.7. The molecule has 0 unspecified atom stereocenters. The number of likely N-dealkylation sites (tertiary alicyclic amines) is 1. The lowest BCUT2D eigenvalue weighted by Gasteiger charge is -2.25. The maximum atomic E-state index is 12.7. The molecule has 110 valence electrons. The Hall–Kier alpha value is -1.35. The van der Waals surface area contributed by atoms with E-state index in [1.54, 1.807) is 0 Å². The molecule has 1 aliphatic rings. The summed E-state index contributed by atoms with van der Waals surface area (Å²) in [7, 11) is 0. The van der Waals surface area contributed by atoms with Crippen molar-refractivity contribution < 1.29 is 4.79 Å². The summed E-state index contributed by atoms with van der Waals surface area (Å²) < 4.78 is 1.07. The predicted molar refractivity (Wildman–Crippen MR) is 90.6 cm³/mol. The van der Waals surface area contributed by atoms with Gasteiger partial charge in [0.1, 0.15) is 0 Å². The number of fused-ring (bicyclic) bond motifs is 1. The first kappa shape index (κ1) is 14.6. The van der Waals surface area contributed by atoms with Crippen molar-refractivity contribution >= 4 is 32.6 Å². The fraction of sp³-hybridized carbons (Fsp3) is 0.389. The number of carbonyl (C=O) groups excluding carboxylic acids is 1. The van der Waals surface area contributed by atoms with Gasteiger partial charge in [0.15, 0.2) is 0 Å². The van der Waals surface area contributed by atoms with Crippen LogP contribution in [0, 0.1) is 0 Å². The Kier molecular flexibility index (Phi) is 4.59. The highest BCUT2D eigenvalue weighted by atomic mass is 79.9. The third kappa shape index (κ3) is 3.46. The van der Waals surface area contributed by atoms with Crippen LogP contribution in [0.3, 0.4) is 0 Å². The van der Waals surface area contributed by atoms with E-state index < -0.39 is 0 Å². The third-order valence-electron chi connectivity index (χ3n) is 4.19. The molecule has 0 bridgehead atoms. The van der Waals surface area contributed by atoms with Crippen molar-refractivity contribution in [3.63, 3.8) is 0 Å². The number of amides is 1.